The zero-order valence-electron chi connectivity index (χ0n) is 11.5. The van der Waals surface area contributed by atoms with E-state index in [0.29, 0.717) is 6.54 Å². The van der Waals surface area contributed by atoms with E-state index in [2.05, 4.69) is 10.6 Å². The van der Waals surface area contributed by atoms with E-state index in [4.69, 9.17) is 4.74 Å². The number of hydrogen-bond donors (Lipinski definition) is 2. The van der Waals surface area contributed by atoms with Crippen molar-refractivity contribution in [2.45, 2.75) is 20.0 Å². The largest absolute Gasteiger partial charge is 0.377 e. The molecule has 1 aromatic rings. The molecule has 1 rings (SSSR count). The number of amides is 1. The minimum Gasteiger partial charge on any atom is -0.377 e. The van der Waals surface area contributed by atoms with Crippen LogP contribution < -0.4 is 10.6 Å². The van der Waals surface area contributed by atoms with Gasteiger partial charge in [0.1, 0.15) is 0 Å². The quantitative estimate of drug-likeness (QED) is 0.813. The van der Waals surface area contributed by atoms with Gasteiger partial charge in [-0.2, -0.15) is 0 Å². The zero-order valence-corrected chi connectivity index (χ0v) is 11.5. The number of ether oxygens (including phenoxy) is 1. The summed E-state index contributed by atoms with van der Waals surface area (Å²) in [6.07, 6.45) is 0.0246. The first kappa shape index (κ1) is 14.7. The number of rotatable bonds is 6. The first-order chi connectivity index (χ1) is 8.58. The lowest BCUT2D eigenvalue weighted by molar-refractivity contribution is -0.119. The number of anilines is 1. The molecule has 2 atom stereocenters. The summed E-state index contributed by atoms with van der Waals surface area (Å²) in [5, 5.41) is 5.90. The van der Waals surface area contributed by atoms with Crippen molar-refractivity contribution in [2.24, 2.45) is 5.92 Å². The number of nitrogens with one attached hydrogen (secondary N) is 2. The molecule has 4 nitrogen and oxygen atoms in total. The van der Waals surface area contributed by atoms with E-state index in [1.54, 1.807) is 7.11 Å². The van der Waals surface area contributed by atoms with Crippen LogP contribution in [-0.2, 0) is 9.53 Å². The van der Waals surface area contributed by atoms with E-state index in [9.17, 15) is 4.79 Å². The van der Waals surface area contributed by atoms with Crippen molar-refractivity contribution in [2.75, 3.05) is 26.0 Å². The van der Waals surface area contributed by atoms with E-state index < -0.39 is 0 Å². The van der Waals surface area contributed by atoms with E-state index in [1.165, 1.54) is 0 Å². The van der Waals surface area contributed by atoms with Gasteiger partial charge in [-0.05, 0) is 31.7 Å². The molecule has 0 radical (unpaired) electrons. The molecule has 0 heterocycles. The lowest BCUT2D eigenvalue weighted by Gasteiger charge is -2.14. The van der Waals surface area contributed by atoms with Crippen molar-refractivity contribution < 1.29 is 9.53 Å². The Hall–Kier alpha value is -1.39. The molecule has 18 heavy (non-hydrogen) atoms. The summed E-state index contributed by atoms with van der Waals surface area (Å²) in [6.45, 7) is 4.54. The Bertz CT molecular complexity index is 393. The van der Waals surface area contributed by atoms with Gasteiger partial charge in [-0.25, -0.2) is 0 Å². The fourth-order valence-electron chi connectivity index (χ4n) is 1.67. The molecule has 4 heteroatoms. The summed E-state index contributed by atoms with van der Waals surface area (Å²) in [6, 6.07) is 7.73. The third-order valence-corrected chi connectivity index (χ3v) is 2.94. The number of carbonyl (C=O) groups is 1. The number of methoxy groups -OCH3 is 1. The van der Waals surface area contributed by atoms with Crippen LogP contribution in [0.3, 0.4) is 0 Å². The van der Waals surface area contributed by atoms with Crippen LogP contribution in [0.15, 0.2) is 24.3 Å². The Labute approximate surface area is 109 Å². The van der Waals surface area contributed by atoms with Crippen LogP contribution >= 0.6 is 0 Å². The smallest absolute Gasteiger partial charge is 0.228 e. The van der Waals surface area contributed by atoms with Gasteiger partial charge >= 0.3 is 0 Å². The van der Waals surface area contributed by atoms with Gasteiger partial charge in [-0.1, -0.05) is 19.1 Å². The summed E-state index contributed by atoms with van der Waals surface area (Å²) in [5.74, 6) is -0.0370. The van der Waals surface area contributed by atoms with E-state index in [-0.39, 0.29) is 17.9 Å². The predicted octanol–water partition coefficient (Wildman–Crippen LogP) is 2.19. The fourth-order valence-corrected chi connectivity index (χ4v) is 1.67. The van der Waals surface area contributed by atoms with Gasteiger partial charge < -0.3 is 15.4 Å². The lowest BCUT2D eigenvalue weighted by atomic mass is 10.1. The second-order valence-corrected chi connectivity index (χ2v) is 4.45. The summed E-state index contributed by atoms with van der Waals surface area (Å²) in [7, 11) is 3.51. The second-order valence-electron chi connectivity index (χ2n) is 4.45. The van der Waals surface area contributed by atoms with Crippen molar-refractivity contribution in [3.63, 3.8) is 0 Å². The number of hydrogen-bond acceptors (Lipinski definition) is 3. The molecule has 0 aromatic heterocycles. The van der Waals surface area contributed by atoms with E-state index in [0.717, 1.165) is 11.3 Å². The van der Waals surface area contributed by atoms with Crippen LogP contribution in [-0.4, -0.2) is 26.6 Å². The van der Waals surface area contributed by atoms with Gasteiger partial charge in [0.2, 0.25) is 5.91 Å². The zero-order chi connectivity index (χ0) is 13.5. The standard InChI is InChI=1S/C14H22N2O2/c1-10(9-15-3)14(17)16-13-7-5-6-12(8-13)11(2)18-4/h5-8,10-11,15H,9H2,1-4H3,(H,16,17). The van der Waals surface area contributed by atoms with Gasteiger partial charge in [-0.3, -0.25) is 4.79 Å². The highest BCUT2D eigenvalue weighted by Gasteiger charge is 2.12. The average molecular weight is 250 g/mol. The summed E-state index contributed by atoms with van der Waals surface area (Å²) < 4.78 is 5.26. The maximum atomic E-state index is 11.9. The Morgan fingerprint density at radius 2 is 2.11 bits per heavy atom. The first-order valence-electron chi connectivity index (χ1n) is 6.16. The molecule has 0 saturated carbocycles. The third kappa shape index (κ3) is 4.13. The Morgan fingerprint density at radius 3 is 2.72 bits per heavy atom. The molecule has 0 saturated heterocycles. The van der Waals surface area contributed by atoms with Crippen LogP contribution in [0.25, 0.3) is 0 Å². The van der Waals surface area contributed by atoms with Gasteiger partial charge in [0.05, 0.1) is 6.10 Å². The molecule has 1 aromatic carbocycles. The lowest BCUT2D eigenvalue weighted by Crippen LogP contribution is -2.28. The molecule has 0 aliphatic heterocycles. The molecule has 0 aliphatic rings. The van der Waals surface area contributed by atoms with E-state index in [1.807, 2.05) is 45.2 Å². The minimum absolute atomic E-state index is 0.0200. The monoisotopic (exact) mass is 250 g/mol. The summed E-state index contributed by atoms with van der Waals surface area (Å²) >= 11 is 0. The Kier molecular flexibility index (Phi) is 5.82. The van der Waals surface area contributed by atoms with Crippen molar-refractivity contribution in [3.8, 4) is 0 Å². The molecule has 100 valence electrons. The Morgan fingerprint density at radius 1 is 1.39 bits per heavy atom. The molecule has 1 amide bonds. The summed E-state index contributed by atoms with van der Waals surface area (Å²) in [5.41, 5.74) is 1.86. The summed E-state index contributed by atoms with van der Waals surface area (Å²) in [4.78, 5) is 11.9. The minimum atomic E-state index is -0.0569. The van der Waals surface area contributed by atoms with E-state index >= 15 is 0 Å². The SMILES string of the molecule is CNCC(C)C(=O)Nc1cccc(C(C)OC)c1. The third-order valence-electron chi connectivity index (χ3n) is 2.94. The molecule has 0 bridgehead atoms. The van der Waals surface area contributed by atoms with Crippen molar-refractivity contribution >= 4 is 11.6 Å². The Balaban J connectivity index is 2.70. The second kappa shape index (κ2) is 7.13. The van der Waals surface area contributed by atoms with Crippen LogP contribution in [0.2, 0.25) is 0 Å². The topological polar surface area (TPSA) is 50.4 Å². The highest BCUT2D eigenvalue weighted by molar-refractivity contribution is 5.92. The fraction of sp³-hybridized carbons (Fsp3) is 0.500. The highest BCUT2D eigenvalue weighted by Crippen LogP contribution is 2.19. The van der Waals surface area contributed by atoms with Crippen LogP contribution in [0, 0.1) is 5.92 Å². The number of carbonyl (C=O) groups excluding carboxylic acids is 1. The number of benzene rings is 1. The van der Waals surface area contributed by atoms with Crippen molar-refractivity contribution in [1.82, 2.24) is 5.32 Å². The molecule has 0 spiro atoms. The normalized spacial score (nSPS) is 14.0. The van der Waals surface area contributed by atoms with Gasteiger partial charge in [0.15, 0.2) is 0 Å². The van der Waals surface area contributed by atoms with Crippen LogP contribution in [0.4, 0.5) is 5.69 Å². The van der Waals surface area contributed by atoms with Crippen molar-refractivity contribution in [3.05, 3.63) is 29.8 Å². The molecule has 2 N–H and O–H groups in total. The highest BCUT2D eigenvalue weighted by atomic mass is 16.5. The maximum absolute atomic E-state index is 11.9. The molecular formula is C14H22N2O2. The molecule has 0 fully saturated rings. The maximum Gasteiger partial charge on any atom is 0.228 e. The van der Waals surface area contributed by atoms with Crippen molar-refractivity contribution in [1.29, 1.82) is 0 Å². The predicted molar refractivity (Wildman–Crippen MR) is 73.6 cm³/mol. The average Bonchev–Trinajstić information content (AvgIpc) is 2.38. The van der Waals surface area contributed by atoms with Crippen LogP contribution in [0.1, 0.15) is 25.5 Å². The molecule has 2 unspecified atom stereocenters. The molecule has 0 aliphatic carbocycles. The molecular weight excluding hydrogens is 228 g/mol. The first-order valence-corrected chi connectivity index (χ1v) is 6.16. The van der Waals surface area contributed by atoms with Crippen LogP contribution in [0.5, 0.6) is 0 Å². The van der Waals surface area contributed by atoms with Gasteiger partial charge in [0, 0.05) is 25.3 Å². The van der Waals surface area contributed by atoms with Gasteiger partial charge in [-0.15, -0.1) is 0 Å². The van der Waals surface area contributed by atoms with Gasteiger partial charge in [0.25, 0.3) is 0 Å².